The average molecular weight is 954 g/mol. The fourth-order valence-corrected chi connectivity index (χ4v) is 10.1. The molecular weight excluding hydrogens is 896 g/mol. The molecule has 3 N–H and O–H groups in total. The molecule has 354 valence electrons. The number of anilines is 2. The van der Waals surface area contributed by atoms with E-state index in [0.29, 0.717) is 50.5 Å². The van der Waals surface area contributed by atoms with Gasteiger partial charge in [0.2, 0.25) is 0 Å². The van der Waals surface area contributed by atoms with Gasteiger partial charge in [-0.05, 0) is 117 Å². The van der Waals surface area contributed by atoms with Crippen LogP contribution in [-0.4, -0.2) is 103 Å². The van der Waals surface area contributed by atoms with Crippen LogP contribution in [-0.2, 0) is 14.8 Å². The first kappa shape index (κ1) is 47.3. The number of sulfonamides is 1. The number of amides is 2. The number of carbonyl (C=O) groups excluding carboxylic acids is 2. The van der Waals surface area contributed by atoms with E-state index < -0.39 is 43.1 Å². The van der Waals surface area contributed by atoms with Crippen LogP contribution in [0.1, 0.15) is 76.2 Å². The molecule has 0 radical (unpaired) electrons. The van der Waals surface area contributed by atoms with E-state index in [9.17, 15) is 28.1 Å². The van der Waals surface area contributed by atoms with Crippen LogP contribution in [0.2, 0.25) is 5.02 Å². The number of nitrogens with one attached hydrogen (secondary N) is 3. The van der Waals surface area contributed by atoms with Crippen LogP contribution in [0.4, 0.5) is 21.9 Å². The van der Waals surface area contributed by atoms with Crippen molar-refractivity contribution in [3.05, 3.63) is 117 Å². The van der Waals surface area contributed by atoms with Crippen molar-refractivity contribution in [3.8, 4) is 11.5 Å². The van der Waals surface area contributed by atoms with E-state index in [4.69, 9.17) is 21.1 Å². The summed E-state index contributed by atoms with van der Waals surface area (Å²) in [5.74, 6) is -0.562. The molecular formula is C49H57ClN8O8S. The van der Waals surface area contributed by atoms with Crippen LogP contribution in [0.25, 0.3) is 16.6 Å². The Kier molecular flexibility index (Phi) is 13.6. The highest BCUT2D eigenvalue weighted by molar-refractivity contribution is 7.90. The molecule has 2 amide bonds. The first-order valence-corrected chi connectivity index (χ1v) is 24.4. The minimum absolute atomic E-state index is 0.0186. The summed E-state index contributed by atoms with van der Waals surface area (Å²) in [6.45, 7) is 15.1. The number of aromatic nitrogens is 2. The number of rotatable bonds is 13. The molecule has 16 nitrogen and oxygen atoms in total. The second kappa shape index (κ2) is 19.2. The number of aromatic amines is 1. The lowest BCUT2D eigenvalue weighted by atomic mass is 9.72. The molecule has 3 aliphatic rings. The average Bonchev–Trinajstić information content (AvgIpc) is 3.96. The van der Waals surface area contributed by atoms with Crippen LogP contribution in [0.5, 0.6) is 11.5 Å². The Hall–Kier alpha value is -6.17. The summed E-state index contributed by atoms with van der Waals surface area (Å²) in [5.41, 5.74) is 4.64. The highest BCUT2D eigenvalue weighted by atomic mass is 35.5. The van der Waals surface area contributed by atoms with Crippen molar-refractivity contribution in [2.75, 3.05) is 62.6 Å². The molecule has 5 aromatic rings. The summed E-state index contributed by atoms with van der Waals surface area (Å²) in [4.78, 5) is 51.4. The maximum atomic E-state index is 14.0. The summed E-state index contributed by atoms with van der Waals surface area (Å²) in [6.07, 6.45) is 6.66. The van der Waals surface area contributed by atoms with Gasteiger partial charge in [0.1, 0.15) is 28.4 Å². The molecule has 2 aliphatic heterocycles. The van der Waals surface area contributed by atoms with Crippen molar-refractivity contribution >= 4 is 67.3 Å². The lowest BCUT2D eigenvalue weighted by Crippen LogP contribution is -2.47. The lowest BCUT2D eigenvalue weighted by molar-refractivity contribution is -0.384. The van der Waals surface area contributed by atoms with E-state index in [1.165, 1.54) is 41.1 Å². The Bertz CT molecular complexity index is 2820. The topological polar surface area (TPSA) is 192 Å². The summed E-state index contributed by atoms with van der Waals surface area (Å²) in [5, 5.41) is 16.8. The number of ether oxygens (including phenoxy) is 2. The number of piperazine rings is 1. The van der Waals surface area contributed by atoms with Crippen molar-refractivity contribution in [1.82, 2.24) is 24.5 Å². The third-order valence-electron chi connectivity index (χ3n) is 12.6. The van der Waals surface area contributed by atoms with Crippen LogP contribution in [0.3, 0.4) is 0 Å². The van der Waals surface area contributed by atoms with Crippen molar-refractivity contribution < 1.29 is 32.4 Å². The van der Waals surface area contributed by atoms with Gasteiger partial charge < -0.3 is 29.6 Å². The molecule has 2 saturated heterocycles. The van der Waals surface area contributed by atoms with Crippen LogP contribution < -0.4 is 19.7 Å². The second-order valence-corrected chi connectivity index (χ2v) is 21.5. The highest BCUT2D eigenvalue weighted by Gasteiger charge is 2.32. The zero-order valence-electron chi connectivity index (χ0n) is 38.4. The van der Waals surface area contributed by atoms with E-state index in [-0.39, 0.29) is 28.3 Å². The molecule has 67 heavy (non-hydrogen) atoms. The first-order chi connectivity index (χ1) is 31.8. The van der Waals surface area contributed by atoms with E-state index in [0.717, 1.165) is 61.1 Å². The standard InChI is InChI=1S/C49H57ClN8O8S/c1-48(2,3)66-47(60)57-19-16-32(30-57)28-52-42-13-11-39(26-43(42)58(61)62)67(63,64)54-46(59)40-12-10-37(25-44(40)65-38-24-34-15-18-51-45(34)53-29-38)56-22-20-55(21-23-56)31-35-14-17-49(4,5)27-41(35)33-6-8-36(50)9-7-33/h6-13,15,18,24-26,29,32,52H,14,16-17,19-23,27-28,30-31H2,1-5H3,(H,51,53)(H,54,59)/t32-/m1/s1. The molecule has 0 saturated carbocycles. The molecule has 1 atom stereocenters. The fraction of sp³-hybridized carbons (Fsp3) is 0.408. The molecule has 8 rings (SSSR count). The minimum Gasteiger partial charge on any atom is -0.455 e. The number of nitro benzene ring substituents is 1. The summed E-state index contributed by atoms with van der Waals surface area (Å²) in [7, 11) is -4.62. The smallest absolute Gasteiger partial charge is 0.410 e. The quantitative estimate of drug-likeness (QED) is 0.0749. The Morgan fingerprint density at radius 3 is 2.49 bits per heavy atom. The molecule has 3 aromatic carbocycles. The molecule has 1 aliphatic carbocycles. The number of fused-ring (bicyclic) bond motifs is 1. The van der Waals surface area contributed by atoms with E-state index >= 15 is 0 Å². The molecule has 4 heterocycles. The number of likely N-dealkylation sites (tertiary alicyclic amines) is 1. The van der Waals surface area contributed by atoms with Crippen LogP contribution in [0.15, 0.2) is 95.7 Å². The zero-order valence-corrected chi connectivity index (χ0v) is 40.0. The van der Waals surface area contributed by atoms with Crippen LogP contribution in [0, 0.1) is 21.4 Å². The Morgan fingerprint density at radius 1 is 1.00 bits per heavy atom. The molecule has 18 heteroatoms. The monoisotopic (exact) mass is 952 g/mol. The number of halogens is 1. The Balaban J connectivity index is 0.973. The van der Waals surface area contributed by atoms with Gasteiger partial charge in [0, 0.05) is 86.8 Å². The van der Waals surface area contributed by atoms with Gasteiger partial charge in [-0.3, -0.25) is 19.8 Å². The van der Waals surface area contributed by atoms with Crippen molar-refractivity contribution in [1.29, 1.82) is 0 Å². The third-order valence-corrected chi connectivity index (χ3v) is 14.1. The van der Waals surface area contributed by atoms with Gasteiger partial charge in [0.05, 0.1) is 21.6 Å². The number of nitrogens with zero attached hydrogens (tertiary/aromatic N) is 5. The Labute approximate surface area is 395 Å². The number of pyridine rings is 1. The van der Waals surface area contributed by atoms with Gasteiger partial charge in [-0.1, -0.05) is 43.2 Å². The minimum atomic E-state index is -4.62. The Morgan fingerprint density at radius 2 is 1.76 bits per heavy atom. The van der Waals surface area contributed by atoms with Gasteiger partial charge in [0.15, 0.2) is 0 Å². The maximum Gasteiger partial charge on any atom is 0.410 e. The zero-order chi connectivity index (χ0) is 47.7. The number of hydrogen-bond donors (Lipinski definition) is 3. The fourth-order valence-electron chi connectivity index (χ4n) is 8.94. The van der Waals surface area contributed by atoms with Gasteiger partial charge in [0.25, 0.3) is 21.6 Å². The SMILES string of the molecule is CC1(C)CCC(CN2CCN(c3ccc(C(=O)NS(=O)(=O)c4ccc(NC[C@H]5CCN(C(=O)OC(C)(C)C)C5)c([N+](=O)[O-])c4)c(Oc4cnc5[nH]ccc5c4)c3)CC2)=C(c2ccc(Cl)cc2)C1. The third kappa shape index (κ3) is 11.5. The molecule has 0 bridgehead atoms. The lowest BCUT2D eigenvalue weighted by Gasteiger charge is -2.39. The first-order valence-electron chi connectivity index (χ1n) is 22.6. The number of allylic oxidation sites excluding steroid dienone is 1. The largest absolute Gasteiger partial charge is 0.455 e. The van der Waals surface area contributed by atoms with Crippen molar-refractivity contribution in [3.63, 3.8) is 0 Å². The summed E-state index contributed by atoms with van der Waals surface area (Å²) >= 11 is 6.25. The summed E-state index contributed by atoms with van der Waals surface area (Å²) in [6, 6.07) is 20.2. The second-order valence-electron chi connectivity index (χ2n) is 19.4. The van der Waals surface area contributed by atoms with Gasteiger partial charge in [-0.2, -0.15) is 0 Å². The van der Waals surface area contributed by atoms with Crippen LogP contribution >= 0.6 is 11.6 Å². The summed E-state index contributed by atoms with van der Waals surface area (Å²) < 4.78 is 41.5. The highest BCUT2D eigenvalue weighted by Crippen LogP contribution is 2.43. The normalized spacial score (nSPS) is 18.0. The predicted octanol–water partition coefficient (Wildman–Crippen LogP) is 9.49. The molecule has 2 fully saturated rings. The number of benzene rings is 3. The molecule has 0 unspecified atom stereocenters. The van der Waals surface area contributed by atoms with Gasteiger partial charge in [-0.15, -0.1) is 0 Å². The number of nitro groups is 1. The maximum absolute atomic E-state index is 14.0. The van der Waals surface area contributed by atoms with E-state index in [1.54, 1.807) is 50.1 Å². The van der Waals surface area contributed by atoms with E-state index in [2.05, 4.69) is 55.8 Å². The van der Waals surface area contributed by atoms with Gasteiger partial charge >= 0.3 is 6.09 Å². The number of hydrogen-bond acceptors (Lipinski definition) is 12. The number of carbonyl (C=O) groups is 2. The van der Waals surface area contributed by atoms with Crippen molar-refractivity contribution in [2.24, 2.45) is 11.3 Å². The predicted molar refractivity (Wildman–Crippen MR) is 259 cm³/mol. The van der Waals surface area contributed by atoms with Crippen molar-refractivity contribution in [2.45, 2.75) is 70.8 Å². The number of H-pyrrole nitrogens is 1. The van der Waals surface area contributed by atoms with Gasteiger partial charge in [-0.25, -0.2) is 22.9 Å². The molecule has 2 aromatic heterocycles. The molecule has 0 spiro atoms. The van der Waals surface area contributed by atoms with E-state index in [1.807, 2.05) is 18.2 Å².